The van der Waals surface area contributed by atoms with E-state index in [0.717, 1.165) is 0 Å². The molecule has 0 amide bonds. The highest BCUT2D eigenvalue weighted by Crippen LogP contribution is 2.48. The van der Waals surface area contributed by atoms with E-state index in [1.165, 1.54) is 109 Å². The highest BCUT2D eigenvalue weighted by atomic mass is 14.2. The van der Waals surface area contributed by atoms with E-state index in [-0.39, 0.29) is 0 Å². The summed E-state index contributed by atoms with van der Waals surface area (Å²) < 4.78 is 0. The van der Waals surface area contributed by atoms with Gasteiger partial charge in [0.2, 0.25) is 0 Å². The van der Waals surface area contributed by atoms with Crippen LogP contribution in [0.4, 0.5) is 0 Å². The number of hydrogen-bond donors (Lipinski definition) is 0. The standard InChI is InChI=1S/C50H30/c1-3-9-31(10-4-1)38-15-8-16-39(32-11-5-2-6-12-32)50(38)45-30-24-37-22-28-43-41(26-20-36-23-29-44(45)49(37)48(36)43)40-25-19-35-18-17-33-13-7-14-34-21-27-42(40)47(35)46(33)34/h1-30H. The van der Waals surface area contributed by atoms with Gasteiger partial charge in [0.05, 0.1) is 0 Å². The molecule has 0 aliphatic rings. The molecule has 0 aliphatic heterocycles. The highest BCUT2D eigenvalue weighted by Gasteiger charge is 2.20. The largest absolute Gasteiger partial charge is 0.0622 e. The van der Waals surface area contributed by atoms with Crippen LogP contribution in [-0.2, 0) is 0 Å². The maximum absolute atomic E-state index is 2.35. The van der Waals surface area contributed by atoms with Crippen molar-refractivity contribution in [2.75, 3.05) is 0 Å². The molecule has 0 fully saturated rings. The van der Waals surface area contributed by atoms with Crippen molar-refractivity contribution < 1.29 is 0 Å². The Morgan fingerprint density at radius 3 is 1.06 bits per heavy atom. The van der Waals surface area contributed by atoms with Gasteiger partial charge in [0.25, 0.3) is 0 Å². The van der Waals surface area contributed by atoms with E-state index in [1.54, 1.807) is 0 Å². The van der Waals surface area contributed by atoms with Crippen LogP contribution >= 0.6 is 0 Å². The monoisotopic (exact) mass is 630 g/mol. The first kappa shape index (κ1) is 27.5. The fraction of sp³-hybridized carbons (Fsp3) is 0. The second-order valence-electron chi connectivity index (χ2n) is 13.6. The average molecular weight is 631 g/mol. The van der Waals surface area contributed by atoms with Gasteiger partial charge in [-0.1, -0.05) is 182 Å². The van der Waals surface area contributed by atoms with Crippen LogP contribution in [0, 0.1) is 0 Å². The van der Waals surface area contributed by atoms with Crippen LogP contribution in [0.3, 0.4) is 0 Å². The average Bonchev–Trinajstić information content (AvgIpc) is 3.19. The van der Waals surface area contributed by atoms with E-state index < -0.39 is 0 Å². The third-order valence-electron chi connectivity index (χ3n) is 11.0. The summed E-state index contributed by atoms with van der Waals surface area (Å²) in [7, 11) is 0. The molecule has 0 heteroatoms. The zero-order valence-corrected chi connectivity index (χ0v) is 27.3. The number of hydrogen-bond acceptors (Lipinski definition) is 0. The van der Waals surface area contributed by atoms with Gasteiger partial charge >= 0.3 is 0 Å². The molecule has 50 heavy (non-hydrogen) atoms. The minimum Gasteiger partial charge on any atom is -0.0622 e. The van der Waals surface area contributed by atoms with Crippen LogP contribution in [0.5, 0.6) is 0 Å². The fourth-order valence-electron chi connectivity index (χ4n) is 8.78. The first-order valence-corrected chi connectivity index (χ1v) is 17.4. The van der Waals surface area contributed by atoms with Crippen molar-refractivity contribution in [1.82, 2.24) is 0 Å². The molecule has 0 aliphatic carbocycles. The lowest BCUT2D eigenvalue weighted by Gasteiger charge is -2.21. The minimum absolute atomic E-state index is 1.22. The maximum Gasteiger partial charge on any atom is -0.00203 e. The Hall–Kier alpha value is -6.50. The molecular formula is C50H30. The molecule has 0 N–H and O–H groups in total. The lowest BCUT2D eigenvalue weighted by atomic mass is 9.82. The quantitative estimate of drug-likeness (QED) is 0.170. The SMILES string of the molecule is c1ccc(-c2cccc(-c3ccccc3)c2-c2ccc3ccc4c(-c5ccc6ccc7cccc8ccc5c6c78)ccc5ccc2c3c54)cc1. The van der Waals surface area contributed by atoms with Crippen molar-refractivity contribution in [3.05, 3.63) is 182 Å². The Kier molecular flexibility index (Phi) is 5.76. The summed E-state index contributed by atoms with van der Waals surface area (Å²) in [6.07, 6.45) is 0. The van der Waals surface area contributed by atoms with Crippen molar-refractivity contribution in [3.63, 3.8) is 0 Å². The van der Waals surface area contributed by atoms with Gasteiger partial charge in [0, 0.05) is 0 Å². The predicted octanol–water partition coefficient (Wildman–Crippen LogP) is 14.1. The van der Waals surface area contributed by atoms with Gasteiger partial charge in [0.1, 0.15) is 0 Å². The van der Waals surface area contributed by atoms with Crippen LogP contribution in [0.25, 0.3) is 109 Å². The fourth-order valence-corrected chi connectivity index (χ4v) is 8.78. The van der Waals surface area contributed by atoms with Gasteiger partial charge in [-0.25, -0.2) is 0 Å². The van der Waals surface area contributed by atoms with E-state index in [1.807, 2.05) is 0 Å². The molecule has 0 unspecified atom stereocenters. The highest BCUT2D eigenvalue weighted by molar-refractivity contribution is 6.30. The summed E-state index contributed by atoms with van der Waals surface area (Å²) in [6, 6.07) is 67.6. The second-order valence-corrected chi connectivity index (χ2v) is 13.6. The molecule has 0 saturated carbocycles. The Morgan fingerprint density at radius 2 is 0.560 bits per heavy atom. The zero-order valence-electron chi connectivity index (χ0n) is 27.3. The summed E-state index contributed by atoms with van der Waals surface area (Å²) in [4.78, 5) is 0. The summed E-state index contributed by atoms with van der Waals surface area (Å²) in [5.74, 6) is 0. The van der Waals surface area contributed by atoms with Gasteiger partial charge in [-0.3, -0.25) is 0 Å². The molecule has 0 radical (unpaired) electrons. The maximum atomic E-state index is 2.35. The van der Waals surface area contributed by atoms with Crippen molar-refractivity contribution >= 4 is 64.6 Å². The Labute approximate surface area is 290 Å². The first-order chi connectivity index (χ1) is 24.8. The molecule has 0 saturated heterocycles. The Morgan fingerprint density at radius 1 is 0.200 bits per heavy atom. The minimum atomic E-state index is 1.22. The molecule has 0 bridgehead atoms. The summed E-state index contributed by atoms with van der Waals surface area (Å²) >= 11 is 0. The van der Waals surface area contributed by atoms with E-state index in [4.69, 9.17) is 0 Å². The molecule has 0 atom stereocenters. The van der Waals surface area contributed by atoms with E-state index in [2.05, 4.69) is 182 Å². The van der Waals surface area contributed by atoms with Gasteiger partial charge in [0.15, 0.2) is 0 Å². The third-order valence-corrected chi connectivity index (χ3v) is 11.0. The molecule has 11 aromatic carbocycles. The lowest BCUT2D eigenvalue weighted by molar-refractivity contribution is 1.57. The molecule has 11 aromatic rings. The first-order valence-electron chi connectivity index (χ1n) is 17.4. The van der Waals surface area contributed by atoms with Crippen molar-refractivity contribution in [1.29, 1.82) is 0 Å². The van der Waals surface area contributed by atoms with Crippen molar-refractivity contribution in [2.45, 2.75) is 0 Å². The van der Waals surface area contributed by atoms with E-state index in [9.17, 15) is 0 Å². The number of benzene rings is 11. The summed E-state index contributed by atoms with van der Waals surface area (Å²) in [6.45, 7) is 0. The molecule has 0 spiro atoms. The van der Waals surface area contributed by atoms with Gasteiger partial charge in [-0.2, -0.15) is 0 Å². The van der Waals surface area contributed by atoms with Gasteiger partial charge in [-0.05, 0) is 109 Å². The molecule has 0 nitrogen and oxygen atoms in total. The van der Waals surface area contributed by atoms with Gasteiger partial charge < -0.3 is 0 Å². The van der Waals surface area contributed by atoms with Crippen molar-refractivity contribution in [2.24, 2.45) is 0 Å². The van der Waals surface area contributed by atoms with Gasteiger partial charge in [-0.15, -0.1) is 0 Å². The Bertz CT molecular complexity index is 2990. The van der Waals surface area contributed by atoms with E-state index in [0.29, 0.717) is 0 Å². The molecule has 11 rings (SSSR count). The smallest absolute Gasteiger partial charge is 0.00203 e. The molecule has 0 aromatic heterocycles. The molecule has 0 heterocycles. The predicted molar refractivity (Wildman–Crippen MR) is 216 cm³/mol. The Balaban J connectivity index is 1.22. The summed E-state index contributed by atoms with van der Waals surface area (Å²) in [5.41, 5.74) is 10.0. The van der Waals surface area contributed by atoms with Crippen LogP contribution in [-0.4, -0.2) is 0 Å². The van der Waals surface area contributed by atoms with Crippen LogP contribution < -0.4 is 0 Å². The summed E-state index contributed by atoms with van der Waals surface area (Å²) in [5, 5.41) is 15.7. The van der Waals surface area contributed by atoms with E-state index >= 15 is 0 Å². The van der Waals surface area contributed by atoms with Crippen LogP contribution in [0.1, 0.15) is 0 Å². The molecular weight excluding hydrogens is 601 g/mol. The van der Waals surface area contributed by atoms with Crippen LogP contribution in [0.2, 0.25) is 0 Å². The third kappa shape index (κ3) is 3.88. The zero-order chi connectivity index (χ0) is 32.8. The normalized spacial score (nSPS) is 12.0. The lowest BCUT2D eigenvalue weighted by Crippen LogP contribution is -1.94. The van der Waals surface area contributed by atoms with Crippen molar-refractivity contribution in [3.8, 4) is 44.5 Å². The topological polar surface area (TPSA) is 0 Å². The second kappa shape index (κ2) is 10.5. The van der Waals surface area contributed by atoms with Crippen LogP contribution in [0.15, 0.2) is 182 Å². The molecule has 230 valence electrons. The number of rotatable bonds is 4.